The van der Waals surface area contributed by atoms with Crippen LogP contribution in [0.1, 0.15) is 24.5 Å². The van der Waals surface area contributed by atoms with Crippen molar-refractivity contribution in [1.29, 1.82) is 0 Å². The van der Waals surface area contributed by atoms with Gasteiger partial charge in [-0.25, -0.2) is 4.79 Å². The van der Waals surface area contributed by atoms with E-state index in [0.29, 0.717) is 19.5 Å². The lowest BCUT2D eigenvalue weighted by molar-refractivity contribution is 0.163. The number of carbonyl (C=O) groups is 1. The number of nitrogens with zero attached hydrogens (tertiary/aromatic N) is 2. The van der Waals surface area contributed by atoms with Gasteiger partial charge in [-0.2, -0.15) is 0 Å². The maximum absolute atomic E-state index is 11.8. The van der Waals surface area contributed by atoms with Crippen LogP contribution in [0.25, 0.3) is 0 Å². The summed E-state index contributed by atoms with van der Waals surface area (Å²) < 4.78 is 0. The molecule has 5 nitrogen and oxygen atoms in total. The smallest absolute Gasteiger partial charge is 0.317 e. The molecule has 0 fully saturated rings. The minimum atomic E-state index is -0.380. The van der Waals surface area contributed by atoms with Gasteiger partial charge in [-0.15, -0.1) is 0 Å². The van der Waals surface area contributed by atoms with E-state index in [1.807, 2.05) is 19.2 Å². The summed E-state index contributed by atoms with van der Waals surface area (Å²) in [6, 6.07) is 1.87. The first-order chi connectivity index (χ1) is 9.00. The van der Waals surface area contributed by atoms with Gasteiger partial charge in [-0.1, -0.05) is 0 Å². The van der Waals surface area contributed by atoms with Gasteiger partial charge in [0.15, 0.2) is 0 Å². The van der Waals surface area contributed by atoms with E-state index in [4.69, 9.17) is 0 Å². The van der Waals surface area contributed by atoms with Crippen LogP contribution < -0.4 is 5.32 Å². The molecule has 19 heavy (non-hydrogen) atoms. The molecule has 1 atom stereocenters. The van der Waals surface area contributed by atoms with E-state index < -0.39 is 0 Å². The maximum atomic E-state index is 11.8. The van der Waals surface area contributed by atoms with Gasteiger partial charge >= 0.3 is 6.03 Å². The van der Waals surface area contributed by atoms with Gasteiger partial charge in [-0.05, 0) is 43.9 Å². The van der Waals surface area contributed by atoms with Gasteiger partial charge in [0.25, 0.3) is 0 Å². The van der Waals surface area contributed by atoms with Crippen LogP contribution in [0.3, 0.4) is 0 Å². The Morgan fingerprint density at radius 1 is 1.58 bits per heavy atom. The molecule has 1 heterocycles. The molecule has 0 aromatic carbocycles. The summed E-state index contributed by atoms with van der Waals surface area (Å²) in [5, 5.41) is 12.0. The number of hydrogen-bond donors (Lipinski definition) is 2. The fraction of sp³-hybridized carbons (Fsp3) is 0.571. The predicted octanol–water partition coefficient (Wildman–Crippen LogP) is 1.34. The summed E-state index contributed by atoms with van der Waals surface area (Å²) in [5.41, 5.74) is 2.33. The molecule has 2 amide bonds. The zero-order chi connectivity index (χ0) is 14.3. The summed E-state index contributed by atoms with van der Waals surface area (Å²) >= 11 is 0. The molecule has 0 aliphatic rings. The molecule has 0 saturated carbocycles. The SMILES string of the molecule is Cc1cnccc1CCNC(=O)N(C)CCC(C)O. The Balaban J connectivity index is 2.29. The first kappa shape index (κ1) is 15.4. The number of hydrogen-bond acceptors (Lipinski definition) is 3. The van der Waals surface area contributed by atoms with Crippen LogP contribution in [0.4, 0.5) is 4.79 Å². The van der Waals surface area contributed by atoms with Gasteiger partial charge in [0.2, 0.25) is 0 Å². The molecule has 0 aliphatic heterocycles. The van der Waals surface area contributed by atoms with Gasteiger partial charge < -0.3 is 15.3 Å². The second-order valence-electron chi connectivity index (χ2n) is 4.84. The molecule has 0 spiro atoms. The summed E-state index contributed by atoms with van der Waals surface area (Å²) in [7, 11) is 1.73. The minimum absolute atomic E-state index is 0.104. The number of aryl methyl sites for hydroxylation is 1. The number of pyridine rings is 1. The van der Waals surface area contributed by atoms with E-state index in [-0.39, 0.29) is 12.1 Å². The van der Waals surface area contributed by atoms with Crippen molar-refractivity contribution >= 4 is 6.03 Å². The van der Waals surface area contributed by atoms with Crippen LogP contribution in [0.2, 0.25) is 0 Å². The zero-order valence-corrected chi connectivity index (χ0v) is 11.9. The monoisotopic (exact) mass is 265 g/mol. The molecular weight excluding hydrogens is 242 g/mol. The highest BCUT2D eigenvalue weighted by atomic mass is 16.3. The second kappa shape index (κ2) is 7.74. The van der Waals surface area contributed by atoms with Crippen LogP contribution in [-0.4, -0.2) is 47.3 Å². The lowest BCUT2D eigenvalue weighted by Crippen LogP contribution is -2.39. The predicted molar refractivity (Wildman–Crippen MR) is 75.0 cm³/mol. The number of aliphatic hydroxyl groups is 1. The highest BCUT2D eigenvalue weighted by Gasteiger charge is 2.08. The van der Waals surface area contributed by atoms with Crippen molar-refractivity contribution in [1.82, 2.24) is 15.2 Å². The number of amides is 2. The summed E-state index contributed by atoms with van der Waals surface area (Å²) in [6.07, 6.45) is 4.59. The number of carbonyl (C=O) groups excluding carboxylic acids is 1. The van der Waals surface area contributed by atoms with Crippen molar-refractivity contribution in [2.75, 3.05) is 20.1 Å². The lowest BCUT2D eigenvalue weighted by Gasteiger charge is -2.18. The molecule has 106 valence electrons. The third-order valence-corrected chi connectivity index (χ3v) is 3.04. The highest BCUT2D eigenvalue weighted by Crippen LogP contribution is 2.05. The first-order valence-electron chi connectivity index (χ1n) is 6.57. The van der Waals surface area contributed by atoms with E-state index in [1.165, 1.54) is 5.56 Å². The normalized spacial score (nSPS) is 12.0. The largest absolute Gasteiger partial charge is 0.393 e. The number of nitrogens with one attached hydrogen (secondary N) is 1. The molecule has 1 unspecified atom stereocenters. The Morgan fingerprint density at radius 2 is 2.32 bits per heavy atom. The number of rotatable bonds is 6. The van der Waals surface area contributed by atoms with Crippen LogP contribution in [-0.2, 0) is 6.42 Å². The fourth-order valence-electron chi connectivity index (χ4n) is 1.70. The third kappa shape index (κ3) is 5.70. The van der Waals surface area contributed by atoms with Crippen LogP contribution >= 0.6 is 0 Å². The minimum Gasteiger partial charge on any atom is -0.393 e. The Kier molecular flexibility index (Phi) is 6.29. The first-order valence-corrected chi connectivity index (χ1v) is 6.57. The molecule has 1 aromatic heterocycles. The topological polar surface area (TPSA) is 65.5 Å². The maximum Gasteiger partial charge on any atom is 0.317 e. The van der Waals surface area contributed by atoms with Gasteiger partial charge in [-0.3, -0.25) is 4.98 Å². The molecule has 0 radical (unpaired) electrons. The van der Waals surface area contributed by atoms with E-state index in [1.54, 1.807) is 25.1 Å². The summed E-state index contributed by atoms with van der Waals surface area (Å²) in [4.78, 5) is 17.4. The van der Waals surface area contributed by atoms with Crippen molar-refractivity contribution < 1.29 is 9.90 Å². The van der Waals surface area contributed by atoms with Crippen LogP contribution in [0.15, 0.2) is 18.5 Å². The molecule has 5 heteroatoms. The molecule has 0 aliphatic carbocycles. The Hall–Kier alpha value is -1.62. The second-order valence-corrected chi connectivity index (χ2v) is 4.84. The Morgan fingerprint density at radius 3 is 2.95 bits per heavy atom. The lowest BCUT2D eigenvalue weighted by atomic mass is 10.1. The van der Waals surface area contributed by atoms with E-state index in [0.717, 1.165) is 12.0 Å². The Labute approximate surface area is 114 Å². The van der Waals surface area contributed by atoms with E-state index in [2.05, 4.69) is 10.3 Å². The van der Waals surface area contributed by atoms with E-state index in [9.17, 15) is 9.90 Å². The van der Waals surface area contributed by atoms with Crippen molar-refractivity contribution in [3.8, 4) is 0 Å². The number of urea groups is 1. The summed E-state index contributed by atoms with van der Waals surface area (Å²) in [5.74, 6) is 0. The van der Waals surface area contributed by atoms with Crippen molar-refractivity contribution in [2.45, 2.75) is 32.8 Å². The zero-order valence-electron chi connectivity index (χ0n) is 11.9. The van der Waals surface area contributed by atoms with Gasteiger partial charge in [0, 0.05) is 32.5 Å². The Bertz CT molecular complexity index is 407. The van der Waals surface area contributed by atoms with E-state index >= 15 is 0 Å². The molecule has 1 rings (SSSR count). The average Bonchev–Trinajstić information content (AvgIpc) is 2.38. The summed E-state index contributed by atoms with van der Waals surface area (Å²) in [6.45, 7) is 4.89. The molecule has 2 N–H and O–H groups in total. The van der Waals surface area contributed by atoms with Crippen LogP contribution in [0, 0.1) is 6.92 Å². The quantitative estimate of drug-likeness (QED) is 0.816. The number of aliphatic hydroxyl groups excluding tert-OH is 1. The van der Waals surface area contributed by atoms with Gasteiger partial charge in [0.1, 0.15) is 0 Å². The molecule has 0 saturated heterocycles. The van der Waals surface area contributed by atoms with Crippen molar-refractivity contribution in [2.24, 2.45) is 0 Å². The molecular formula is C14H23N3O2. The van der Waals surface area contributed by atoms with Crippen LogP contribution in [0.5, 0.6) is 0 Å². The molecule has 0 bridgehead atoms. The molecule has 1 aromatic rings. The van der Waals surface area contributed by atoms with Gasteiger partial charge in [0.05, 0.1) is 6.10 Å². The fourth-order valence-corrected chi connectivity index (χ4v) is 1.70. The highest BCUT2D eigenvalue weighted by molar-refractivity contribution is 5.73. The number of aromatic nitrogens is 1. The third-order valence-electron chi connectivity index (χ3n) is 3.04. The standard InChI is InChI=1S/C14H23N3O2/c1-11-10-15-7-4-13(11)5-8-16-14(19)17(3)9-6-12(2)18/h4,7,10,12,18H,5-6,8-9H2,1-3H3,(H,16,19). The van der Waals surface area contributed by atoms with Crippen molar-refractivity contribution in [3.63, 3.8) is 0 Å². The van der Waals surface area contributed by atoms with Crippen molar-refractivity contribution in [3.05, 3.63) is 29.6 Å². The average molecular weight is 265 g/mol.